The van der Waals surface area contributed by atoms with E-state index in [1.165, 1.54) is 12.1 Å². The van der Waals surface area contributed by atoms with E-state index in [1.54, 1.807) is 29.7 Å². The predicted molar refractivity (Wildman–Crippen MR) is 83.8 cm³/mol. The Bertz CT molecular complexity index is 840. The molecule has 2 heterocycles. The highest BCUT2D eigenvalue weighted by Gasteiger charge is 2.55. The van der Waals surface area contributed by atoms with Crippen molar-refractivity contribution in [3.63, 3.8) is 0 Å². The van der Waals surface area contributed by atoms with Crippen molar-refractivity contribution in [1.29, 1.82) is 0 Å². The van der Waals surface area contributed by atoms with E-state index in [2.05, 4.69) is 9.97 Å². The summed E-state index contributed by atoms with van der Waals surface area (Å²) in [5.41, 5.74) is 2.41. The molecule has 1 saturated carbocycles. The van der Waals surface area contributed by atoms with Crippen LogP contribution in [0.1, 0.15) is 42.8 Å². The molecular weight excluding hydrogens is 317 g/mol. The molecule has 2 aromatic rings. The highest BCUT2D eigenvalue weighted by atomic mass is 32.2. The van der Waals surface area contributed by atoms with Crippen molar-refractivity contribution in [2.75, 3.05) is 6.54 Å². The second-order valence-corrected chi connectivity index (χ2v) is 8.94. The van der Waals surface area contributed by atoms with Crippen LogP contribution in [0.15, 0.2) is 30.6 Å². The minimum atomic E-state index is -3.43. The first-order valence-corrected chi connectivity index (χ1v) is 9.15. The van der Waals surface area contributed by atoms with Crippen LogP contribution in [0, 0.1) is 5.82 Å². The number of aromatic nitrogens is 2. The highest BCUT2D eigenvalue weighted by Crippen LogP contribution is 2.48. The van der Waals surface area contributed by atoms with Gasteiger partial charge < -0.3 is 4.98 Å². The number of H-pyrrole nitrogens is 1. The fourth-order valence-corrected chi connectivity index (χ4v) is 5.22. The fourth-order valence-electron chi connectivity index (χ4n) is 3.20. The highest BCUT2D eigenvalue weighted by molar-refractivity contribution is 7.90. The molecule has 0 unspecified atom stereocenters. The Hall–Kier alpha value is -1.73. The average Bonchev–Trinajstić information content (AvgIpc) is 3.12. The van der Waals surface area contributed by atoms with Crippen molar-refractivity contribution in [2.24, 2.45) is 0 Å². The molecule has 0 amide bonds. The SMILES string of the molecule is CC1(S(=O)(=O)N2CCc3[nH]cnc3[C@H]2c2ccc(F)cc2)CC1. The molecule has 0 spiro atoms. The lowest BCUT2D eigenvalue weighted by atomic mass is 9.98. The number of hydrogen-bond acceptors (Lipinski definition) is 3. The number of rotatable bonds is 3. The van der Waals surface area contributed by atoms with E-state index in [0.29, 0.717) is 25.8 Å². The van der Waals surface area contributed by atoms with Gasteiger partial charge >= 0.3 is 0 Å². The van der Waals surface area contributed by atoms with Crippen LogP contribution in [-0.2, 0) is 16.4 Å². The minimum Gasteiger partial charge on any atom is -0.348 e. The van der Waals surface area contributed by atoms with Gasteiger partial charge in [-0.05, 0) is 37.5 Å². The van der Waals surface area contributed by atoms with Gasteiger partial charge in [-0.25, -0.2) is 17.8 Å². The second-order valence-electron chi connectivity index (χ2n) is 6.54. The maximum atomic E-state index is 13.3. The quantitative estimate of drug-likeness (QED) is 0.936. The summed E-state index contributed by atoms with van der Waals surface area (Å²) < 4.78 is 40.3. The molecule has 0 saturated heterocycles. The van der Waals surface area contributed by atoms with E-state index < -0.39 is 20.8 Å². The number of aromatic amines is 1. The van der Waals surface area contributed by atoms with Crippen molar-refractivity contribution in [1.82, 2.24) is 14.3 Å². The van der Waals surface area contributed by atoms with E-state index in [4.69, 9.17) is 0 Å². The number of sulfonamides is 1. The maximum Gasteiger partial charge on any atom is 0.220 e. The largest absolute Gasteiger partial charge is 0.348 e. The standard InChI is InChI=1S/C16H18FN3O2S/c1-16(7-8-16)23(21,22)20-9-6-13-14(19-10-18-13)15(20)11-2-4-12(17)5-3-11/h2-5,10,15H,6-9H2,1H3,(H,18,19)/t15-/m1/s1. The molecule has 1 fully saturated rings. The van der Waals surface area contributed by atoms with Crippen molar-refractivity contribution in [3.05, 3.63) is 53.4 Å². The molecule has 2 aliphatic rings. The third-order valence-electron chi connectivity index (χ3n) is 4.95. The van der Waals surface area contributed by atoms with Gasteiger partial charge in [0.05, 0.1) is 22.8 Å². The summed E-state index contributed by atoms with van der Waals surface area (Å²) in [6.07, 6.45) is 3.59. The van der Waals surface area contributed by atoms with Crippen LogP contribution in [0.3, 0.4) is 0 Å². The third kappa shape index (κ3) is 2.21. The molecule has 1 aromatic carbocycles. The van der Waals surface area contributed by atoms with E-state index in [9.17, 15) is 12.8 Å². The summed E-state index contributed by atoms with van der Waals surface area (Å²) in [7, 11) is -3.43. The zero-order chi connectivity index (χ0) is 16.2. The van der Waals surface area contributed by atoms with Crippen LogP contribution in [0.2, 0.25) is 0 Å². The first kappa shape index (κ1) is 14.8. The van der Waals surface area contributed by atoms with Gasteiger partial charge in [0.2, 0.25) is 10.0 Å². The first-order chi connectivity index (χ1) is 10.9. The summed E-state index contributed by atoms with van der Waals surface area (Å²) in [5, 5.41) is 0. The lowest BCUT2D eigenvalue weighted by molar-refractivity contribution is 0.332. The van der Waals surface area contributed by atoms with Gasteiger partial charge in [-0.3, -0.25) is 0 Å². The van der Waals surface area contributed by atoms with Gasteiger partial charge in [0.1, 0.15) is 5.82 Å². The van der Waals surface area contributed by atoms with Crippen molar-refractivity contribution >= 4 is 10.0 Å². The van der Waals surface area contributed by atoms with Crippen molar-refractivity contribution in [3.8, 4) is 0 Å². The molecule has 7 heteroatoms. The van der Waals surface area contributed by atoms with E-state index >= 15 is 0 Å². The normalized spacial score (nSPS) is 23.5. The zero-order valence-electron chi connectivity index (χ0n) is 12.8. The lowest BCUT2D eigenvalue weighted by Gasteiger charge is -2.36. The number of nitrogens with one attached hydrogen (secondary N) is 1. The van der Waals surface area contributed by atoms with E-state index in [1.807, 2.05) is 0 Å². The predicted octanol–water partition coefficient (Wildman–Crippen LogP) is 2.38. The Morgan fingerprint density at radius 2 is 2.00 bits per heavy atom. The summed E-state index contributed by atoms with van der Waals surface area (Å²) in [6, 6.07) is 5.51. The van der Waals surface area contributed by atoms with E-state index in [-0.39, 0.29) is 5.82 Å². The minimum absolute atomic E-state index is 0.338. The molecule has 0 bridgehead atoms. The number of imidazole rings is 1. The summed E-state index contributed by atoms with van der Waals surface area (Å²) in [6.45, 7) is 2.21. The van der Waals surface area contributed by atoms with Crippen LogP contribution in [0.25, 0.3) is 0 Å². The Kier molecular flexibility index (Phi) is 3.15. The Morgan fingerprint density at radius 3 is 2.65 bits per heavy atom. The van der Waals surface area contributed by atoms with Crippen LogP contribution in [0.4, 0.5) is 4.39 Å². The first-order valence-electron chi connectivity index (χ1n) is 7.71. The number of benzene rings is 1. The summed E-state index contributed by atoms with van der Waals surface area (Å²) >= 11 is 0. The molecule has 1 atom stereocenters. The van der Waals surface area contributed by atoms with Crippen LogP contribution in [-0.4, -0.2) is 34.0 Å². The number of halogens is 1. The molecule has 5 nitrogen and oxygen atoms in total. The summed E-state index contributed by atoms with van der Waals surface area (Å²) in [4.78, 5) is 7.44. The van der Waals surface area contributed by atoms with E-state index in [0.717, 1.165) is 17.0 Å². The number of fused-ring (bicyclic) bond motifs is 1. The summed E-state index contributed by atoms with van der Waals surface area (Å²) in [5.74, 6) is -0.338. The van der Waals surface area contributed by atoms with Gasteiger partial charge in [0.25, 0.3) is 0 Å². The van der Waals surface area contributed by atoms with Crippen molar-refractivity contribution in [2.45, 2.75) is 37.0 Å². The van der Waals surface area contributed by atoms with Gasteiger partial charge in [-0.1, -0.05) is 12.1 Å². The smallest absolute Gasteiger partial charge is 0.220 e. The monoisotopic (exact) mass is 335 g/mol. The lowest BCUT2D eigenvalue weighted by Crippen LogP contribution is -2.45. The number of nitrogens with zero attached hydrogens (tertiary/aromatic N) is 2. The molecule has 23 heavy (non-hydrogen) atoms. The molecule has 4 rings (SSSR count). The van der Waals surface area contributed by atoms with Gasteiger partial charge in [-0.15, -0.1) is 0 Å². The molecule has 1 N–H and O–H groups in total. The topological polar surface area (TPSA) is 66.1 Å². The van der Waals surface area contributed by atoms with Crippen LogP contribution >= 0.6 is 0 Å². The number of hydrogen-bond donors (Lipinski definition) is 1. The fraction of sp³-hybridized carbons (Fsp3) is 0.438. The molecule has 1 aromatic heterocycles. The van der Waals surface area contributed by atoms with Crippen molar-refractivity contribution < 1.29 is 12.8 Å². The van der Waals surface area contributed by atoms with Crippen LogP contribution in [0.5, 0.6) is 0 Å². The molecule has 1 aliphatic heterocycles. The molecule has 122 valence electrons. The average molecular weight is 335 g/mol. The van der Waals surface area contributed by atoms with Gasteiger partial charge in [0, 0.05) is 18.7 Å². The Labute approximate surface area is 134 Å². The maximum absolute atomic E-state index is 13.3. The Balaban J connectivity index is 1.84. The third-order valence-corrected chi connectivity index (χ3v) is 7.62. The Morgan fingerprint density at radius 1 is 1.30 bits per heavy atom. The zero-order valence-corrected chi connectivity index (χ0v) is 13.6. The van der Waals surface area contributed by atoms with Gasteiger partial charge in [-0.2, -0.15) is 4.31 Å². The second kappa shape index (κ2) is 4.88. The van der Waals surface area contributed by atoms with Gasteiger partial charge in [0.15, 0.2) is 0 Å². The molecular formula is C16H18FN3O2S. The molecule has 0 radical (unpaired) electrons. The van der Waals surface area contributed by atoms with Crippen LogP contribution < -0.4 is 0 Å². The molecule has 1 aliphatic carbocycles.